The summed E-state index contributed by atoms with van der Waals surface area (Å²) in [6, 6.07) is 0. The van der Waals surface area contributed by atoms with Crippen LogP contribution in [0.2, 0.25) is 0 Å². The fourth-order valence-electron chi connectivity index (χ4n) is 2.62. The predicted molar refractivity (Wildman–Crippen MR) is 63.8 cm³/mol. The lowest BCUT2D eigenvalue weighted by atomic mass is 9.76. The number of carbonyl (C=O) groups excluding carboxylic acids is 1. The molecule has 0 amide bonds. The third kappa shape index (κ3) is 3.03. The SMILES string of the molecule is C=CCC1(CC=C)CC(=O)CC(C)(C)N1. The minimum atomic E-state index is -0.150. The summed E-state index contributed by atoms with van der Waals surface area (Å²) in [4.78, 5) is 11.7. The molecular weight excluding hydrogens is 186 g/mol. The molecule has 0 aromatic heterocycles. The Hall–Kier alpha value is -0.890. The van der Waals surface area contributed by atoms with Crippen molar-refractivity contribution in [1.82, 2.24) is 5.32 Å². The van der Waals surface area contributed by atoms with E-state index < -0.39 is 0 Å². The van der Waals surface area contributed by atoms with E-state index in [1.54, 1.807) is 0 Å². The molecule has 2 heteroatoms. The van der Waals surface area contributed by atoms with Crippen LogP contribution in [0, 0.1) is 0 Å². The van der Waals surface area contributed by atoms with Crippen molar-refractivity contribution in [3.05, 3.63) is 25.3 Å². The number of rotatable bonds is 4. The topological polar surface area (TPSA) is 29.1 Å². The van der Waals surface area contributed by atoms with Gasteiger partial charge in [0, 0.05) is 23.9 Å². The molecule has 84 valence electrons. The molecule has 1 aliphatic rings. The first-order valence-corrected chi connectivity index (χ1v) is 5.46. The quantitative estimate of drug-likeness (QED) is 0.718. The Labute approximate surface area is 92.4 Å². The first-order chi connectivity index (χ1) is 6.93. The van der Waals surface area contributed by atoms with E-state index in [0.29, 0.717) is 18.6 Å². The standard InChI is InChI=1S/C13H21NO/c1-5-7-13(8-6-2)10-11(15)9-12(3,4)14-13/h5-6,14H,1-2,7-10H2,3-4H3. The molecule has 0 radical (unpaired) electrons. The van der Waals surface area contributed by atoms with Gasteiger partial charge in [0.1, 0.15) is 5.78 Å². The van der Waals surface area contributed by atoms with Crippen molar-refractivity contribution in [1.29, 1.82) is 0 Å². The number of Topliss-reactive ketones (excluding diaryl/α,β-unsaturated/α-hetero) is 1. The molecule has 0 spiro atoms. The molecule has 0 bridgehead atoms. The first kappa shape index (κ1) is 12.2. The predicted octanol–water partition coefficient (Wildman–Crippen LogP) is 2.61. The Bertz CT molecular complexity index is 268. The summed E-state index contributed by atoms with van der Waals surface area (Å²) in [5, 5.41) is 3.58. The largest absolute Gasteiger partial charge is 0.305 e. The van der Waals surface area contributed by atoms with Gasteiger partial charge in [-0.2, -0.15) is 0 Å². The van der Waals surface area contributed by atoms with E-state index in [-0.39, 0.29) is 11.1 Å². The van der Waals surface area contributed by atoms with E-state index in [2.05, 4.69) is 32.3 Å². The number of piperidine rings is 1. The van der Waals surface area contributed by atoms with Crippen molar-refractivity contribution in [3.63, 3.8) is 0 Å². The zero-order valence-electron chi connectivity index (χ0n) is 9.81. The van der Waals surface area contributed by atoms with Crippen molar-refractivity contribution in [2.45, 2.75) is 50.6 Å². The molecule has 0 saturated carbocycles. The lowest BCUT2D eigenvalue weighted by molar-refractivity contribution is -0.124. The highest BCUT2D eigenvalue weighted by Gasteiger charge is 2.41. The number of hydrogen-bond donors (Lipinski definition) is 1. The van der Waals surface area contributed by atoms with Crippen LogP contribution in [0.1, 0.15) is 39.5 Å². The van der Waals surface area contributed by atoms with Crippen LogP contribution in [-0.2, 0) is 4.79 Å². The Balaban J connectivity index is 2.90. The van der Waals surface area contributed by atoms with Crippen LogP contribution in [-0.4, -0.2) is 16.9 Å². The van der Waals surface area contributed by atoms with Gasteiger partial charge in [0.05, 0.1) is 0 Å². The fraction of sp³-hybridized carbons (Fsp3) is 0.615. The minimum Gasteiger partial charge on any atom is -0.305 e. The van der Waals surface area contributed by atoms with Crippen molar-refractivity contribution in [2.75, 3.05) is 0 Å². The lowest BCUT2D eigenvalue weighted by Gasteiger charge is -2.45. The van der Waals surface area contributed by atoms with Gasteiger partial charge < -0.3 is 5.32 Å². The molecule has 2 nitrogen and oxygen atoms in total. The molecule has 1 heterocycles. The van der Waals surface area contributed by atoms with Crippen LogP contribution in [0.15, 0.2) is 25.3 Å². The Morgan fingerprint density at radius 1 is 1.27 bits per heavy atom. The summed E-state index contributed by atoms with van der Waals surface area (Å²) in [6.45, 7) is 11.7. The number of carbonyl (C=O) groups is 1. The molecule has 1 N–H and O–H groups in total. The van der Waals surface area contributed by atoms with Gasteiger partial charge in [-0.25, -0.2) is 0 Å². The maximum Gasteiger partial charge on any atom is 0.136 e. The lowest BCUT2D eigenvalue weighted by Crippen LogP contribution is -2.60. The molecule has 0 unspecified atom stereocenters. The second-order valence-electron chi connectivity index (χ2n) is 5.17. The normalized spacial score (nSPS) is 23.5. The maximum absolute atomic E-state index is 11.7. The van der Waals surface area contributed by atoms with E-state index in [4.69, 9.17) is 0 Å². The monoisotopic (exact) mass is 207 g/mol. The van der Waals surface area contributed by atoms with Crippen molar-refractivity contribution in [2.24, 2.45) is 0 Å². The smallest absolute Gasteiger partial charge is 0.136 e. The number of hydrogen-bond acceptors (Lipinski definition) is 2. The first-order valence-electron chi connectivity index (χ1n) is 5.46. The van der Waals surface area contributed by atoms with E-state index in [1.165, 1.54) is 0 Å². The molecule has 1 saturated heterocycles. The van der Waals surface area contributed by atoms with E-state index in [1.807, 2.05) is 12.2 Å². The van der Waals surface area contributed by atoms with Crippen LogP contribution < -0.4 is 5.32 Å². The van der Waals surface area contributed by atoms with Gasteiger partial charge in [0.25, 0.3) is 0 Å². The van der Waals surface area contributed by atoms with Crippen molar-refractivity contribution in [3.8, 4) is 0 Å². The van der Waals surface area contributed by atoms with Crippen molar-refractivity contribution < 1.29 is 4.79 Å². The van der Waals surface area contributed by atoms with Crippen molar-refractivity contribution >= 4 is 5.78 Å². The van der Waals surface area contributed by atoms with Crippen LogP contribution in [0.3, 0.4) is 0 Å². The average molecular weight is 207 g/mol. The second kappa shape index (κ2) is 4.31. The highest BCUT2D eigenvalue weighted by molar-refractivity contribution is 5.82. The summed E-state index contributed by atoms with van der Waals surface area (Å²) >= 11 is 0. The van der Waals surface area contributed by atoms with E-state index in [9.17, 15) is 4.79 Å². The zero-order valence-corrected chi connectivity index (χ0v) is 9.81. The van der Waals surface area contributed by atoms with Crippen LogP contribution in [0.4, 0.5) is 0 Å². The summed E-state index contributed by atoms with van der Waals surface area (Å²) in [7, 11) is 0. The Morgan fingerprint density at radius 2 is 1.80 bits per heavy atom. The van der Waals surface area contributed by atoms with Gasteiger partial charge in [0.15, 0.2) is 0 Å². The summed E-state index contributed by atoms with van der Waals surface area (Å²) in [5.74, 6) is 0.336. The van der Waals surface area contributed by atoms with Crippen LogP contribution in [0.5, 0.6) is 0 Å². The van der Waals surface area contributed by atoms with Gasteiger partial charge in [-0.3, -0.25) is 4.79 Å². The number of nitrogens with one attached hydrogen (secondary N) is 1. The fourth-order valence-corrected chi connectivity index (χ4v) is 2.62. The number of ketones is 1. The summed E-state index contributed by atoms with van der Waals surface area (Å²) < 4.78 is 0. The Kier molecular flexibility index (Phi) is 3.50. The molecule has 15 heavy (non-hydrogen) atoms. The third-order valence-corrected chi connectivity index (χ3v) is 2.85. The molecule has 0 atom stereocenters. The second-order valence-corrected chi connectivity index (χ2v) is 5.17. The minimum absolute atomic E-state index is 0.110. The molecule has 0 aromatic carbocycles. The van der Waals surface area contributed by atoms with E-state index in [0.717, 1.165) is 12.8 Å². The van der Waals surface area contributed by atoms with Gasteiger partial charge in [-0.15, -0.1) is 13.2 Å². The van der Waals surface area contributed by atoms with Gasteiger partial charge >= 0.3 is 0 Å². The molecule has 1 aliphatic heterocycles. The maximum atomic E-state index is 11.7. The highest BCUT2D eigenvalue weighted by Crippen LogP contribution is 2.32. The van der Waals surface area contributed by atoms with Crippen LogP contribution in [0.25, 0.3) is 0 Å². The van der Waals surface area contributed by atoms with E-state index >= 15 is 0 Å². The molecular formula is C13H21NO. The summed E-state index contributed by atoms with van der Waals surface area (Å²) in [5.41, 5.74) is -0.260. The van der Waals surface area contributed by atoms with Gasteiger partial charge in [-0.05, 0) is 26.7 Å². The molecule has 0 aromatic rings. The molecule has 1 fully saturated rings. The highest BCUT2D eigenvalue weighted by atomic mass is 16.1. The zero-order chi connectivity index (χ0) is 11.5. The van der Waals surface area contributed by atoms with Gasteiger partial charge in [0.2, 0.25) is 0 Å². The summed E-state index contributed by atoms with van der Waals surface area (Å²) in [6.07, 6.45) is 6.59. The van der Waals surface area contributed by atoms with Gasteiger partial charge in [-0.1, -0.05) is 12.2 Å². The van der Waals surface area contributed by atoms with Crippen LogP contribution >= 0.6 is 0 Å². The Morgan fingerprint density at radius 3 is 2.20 bits per heavy atom. The third-order valence-electron chi connectivity index (χ3n) is 2.85. The average Bonchev–Trinajstić information content (AvgIpc) is 1.99. The molecule has 1 rings (SSSR count). The molecule has 0 aliphatic carbocycles.